The van der Waals surface area contributed by atoms with Crippen LogP contribution in [-0.4, -0.2) is 16.0 Å². The molecule has 2 aromatic rings. The third kappa shape index (κ3) is 3.06. The van der Waals surface area contributed by atoms with Crippen LogP contribution in [0.4, 0.5) is 0 Å². The first-order valence-electron chi connectivity index (χ1n) is 5.21. The largest absolute Gasteiger partial charge is 0.274 e. The number of thiazole rings is 1. The quantitative estimate of drug-likeness (QED) is 0.590. The van der Waals surface area contributed by atoms with E-state index in [-0.39, 0.29) is 0 Å². The van der Waals surface area contributed by atoms with Crippen molar-refractivity contribution in [1.82, 2.24) is 4.98 Å². The fourth-order valence-electron chi connectivity index (χ4n) is 1.38. The molecular weight excluding hydrogens is 309 g/mol. The molecule has 0 bridgehead atoms. The molecule has 0 amide bonds. The molecule has 0 aliphatic carbocycles. The van der Waals surface area contributed by atoms with E-state index in [0.29, 0.717) is 10.7 Å². The molecule has 1 aromatic heterocycles. The van der Waals surface area contributed by atoms with Gasteiger partial charge in [0, 0.05) is 10.6 Å². The molecule has 0 unspecified atom stereocenters. The van der Waals surface area contributed by atoms with Crippen LogP contribution in [0.25, 0.3) is 10.6 Å². The van der Waals surface area contributed by atoms with E-state index in [1.54, 1.807) is 23.9 Å². The Bertz CT molecular complexity index is 566. The first kappa shape index (κ1) is 13.9. The number of nitrogens with zero attached hydrogens (tertiary/aromatic N) is 1. The highest BCUT2D eigenvalue weighted by Crippen LogP contribution is 2.35. The van der Waals surface area contributed by atoms with Crippen LogP contribution in [0, 0.1) is 0 Å². The van der Waals surface area contributed by atoms with Gasteiger partial charge in [-0.05, 0) is 29.5 Å². The minimum Gasteiger partial charge on any atom is -0.274 e. The molecule has 0 saturated heterocycles. The number of benzene rings is 1. The third-order valence-corrected chi connectivity index (χ3v) is 4.83. The van der Waals surface area contributed by atoms with E-state index in [1.807, 2.05) is 19.1 Å². The van der Waals surface area contributed by atoms with E-state index in [9.17, 15) is 4.79 Å². The van der Waals surface area contributed by atoms with Gasteiger partial charge in [0.1, 0.15) is 10.7 Å². The van der Waals surface area contributed by atoms with Crippen molar-refractivity contribution in [2.75, 3.05) is 5.75 Å². The Hall–Kier alpha value is -0.550. The molecule has 94 valence electrons. The number of thioether (sulfide) groups is 1. The summed E-state index contributed by atoms with van der Waals surface area (Å²) in [6.07, 6.45) is 0. The molecule has 0 atom stereocenters. The molecule has 1 heterocycles. The Morgan fingerprint density at radius 2 is 2.06 bits per heavy atom. The van der Waals surface area contributed by atoms with Crippen LogP contribution in [0.1, 0.15) is 17.4 Å². The molecule has 0 saturated carbocycles. The maximum atomic E-state index is 11.3. The molecule has 18 heavy (non-hydrogen) atoms. The lowest BCUT2D eigenvalue weighted by molar-refractivity contribution is 0.107. The topological polar surface area (TPSA) is 30.0 Å². The van der Waals surface area contributed by atoms with Crippen molar-refractivity contribution < 1.29 is 4.79 Å². The molecule has 2 rings (SSSR count). The van der Waals surface area contributed by atoms with Gasteiger partial charge in [-0.15, -0.1) is 23.1 Å². The van der Waals surface area contributed by atoms with Crippen molar-refractivity contribution in [1.29, 1.82) is 0 Å². The first-order valence-corrected chi connectivity index (χ1v) is 7.77. The van der Waals surface area contributed by atoms with Gasteiger partial charge < -0.3 is 0 Å². The monoisotopic (exact) mass is 317 g/mol. The van der Waals surface area contributed by atoms with Gasteiger partial charge in [-0.2, -0.15) is 0 Å². The second kappa shape index (κ2) is 6.06. The lowest BCUT2D eigenvalue weighted by Gasteiger charge is -1.95. The SMILES string of the molecule is CCSc1sc(-c2ccc(Cl)cc2)nc1C(=O)Cl. The number of rotatable bonds is 4. The number of halogens is 2. The van der Waals surface area contributed by atoms with Gasteiger partial charge in [-0.25, -0.2) is 4.98 Å². The van der Waals surface area contributed by atoms with Gasteiger partial charge in [-0.1, -0.05) is 30.7 Å². The Balaban J connectivity index is 2.42. The average Bonchev–Trinajstić information content (AvgIpc) is 2.75. The highest BCUT2D eigenvalue weighted by Gasteiger charge is 2.17. The number of hydrogen-bond acceptors (Lipinski definition) is 4. The molecule has 0 spiro atoms. The summed E-state index contributed by atoms with van der Waals surface area (Å²) in [6, 6.07) is 7.36. The Kier molecular flexibility index (Phi) is 4.67. The minimum absolute atomic E-state index is 0.346. The van der Waals surface area contributed by atoms with Gasteiger partial charge in [-0.3, -0.25) is 4.79 Å². The van der Waals surface area contributed by atoms with Crippen LogP contribution in [0.3, 0.4) is 0 Å². The fourth-order valence-corrected chi connectivity index (χ4v) is 3.91. The Labute approximate surface area is 123 Å². The molecule has 0 N–H and O–H groups in total. The predicted molar refractivity (Wildman–Crippen MR) is 79.1 cm³/mol. The van der Waals surface area contributed by atoms with E-state index >= 15 is 0 Å². The normalized spacial score (nSPS) is 10.6. The summed E-state index contributed by atoms with van der Waals surface area (Å²) >= 11 is 14.4. The van der Waals surface area contributed by atoms with Crippen molar-refractivity contribution in [2.24, 2.45) is 0 Å². The van der Waals surface area contributed by atoms with Crippen LogP contribution >= 0.6 is 46.3 Å². The molecule has 0 radical (unpaired) electrons. The molecule has 0 aliphatic rings. The predicted octanol–water partition coefficient (Wildman–Crippen LogP) is 4.95. The van der Waals surface area contributed by atoms with Crippen LogP contribution in [0.2, 0.25) is 5.02 Å². The summed E-state index contributed by atoms with van der Waals surface area (Å²) in [5.74, 6) is 0.874. The van der Waals surface area contributed by atoms with E-state index in [1.165, 1.54) is 11.3 Å². The van der Waals surface area contributed by atoms with Gasteiger partial charge >= 0.3 is 0 Å². The highest BCUT2D eigenvalue weighted by atomic mass is 35.5. The van der Waals surface area contributed by atoms with Crippen LogP contribution in [0.15, 0.2) is 28.5 Å². The lowest BCUT2D eigenvalue weighted by atomic mass is 10.2. The van der Waals surface area contributed by atoms with Crippen LogP contribution in [0.5, 0.6) is 0 Å². The van der Waals surface area contributed by atoms with Crippen molar-refractivity contribution >= 4 is 51.5 Å². The standard InChI is InChI=1S/C12H9Cl2NOS2/c1-2-17-12-9(10(14)16)15-11(18-12)7-3-5-8(13)6-4-7/h3-6H,2H2,1H3. The van der Waals surface area contributed by atoms with Crippen LogP contribution < -0.4 is 0 Å². The highest BCUT2D eigenvalue weighted by molar-refractivity contribution is 8.01. The molecule has 0 aliphatic heterocycles. The number of carbonyl (C=O) groups excluding carboxylic acids is 1. The number of carbonyl (C=O) groups is 1. The zero-order valence-corrected chi connectivity index (χ0v) is 12.6. The summed E-state index contributed by atoms with van der Waals surface area (Å²) in [6.45, 7) is 2.02. The zero-order valence-electron chi connectivity index (χ0n) is 9.44. The smallest absolute Gasteiger partial charge is 0.272 e. The van der Waals surface area contributed by atoms with Gasteiger partial charge in [0.2, 0.25) is 0 Å². The molecule has 1 aromatic carbocycles. The summed E-state index contributed by atoms with van der Waals surface area (Å²) < 4.78 is 0.863. The van der Waals surface area contributed by atoms with E-state index in [4.69, 9.17) is 23.2 Å². The van der Waals surface area contributed by atoms with Gasteiger partial charge in [0.05, 0.1) is 4.21 Å². The van der Waals surface area contributed by atoms with E-state index < -0.39 is 5.24 Å². The maximum Gasteiger partial charge on any atom is 0.272 e. The number of hydrogen-bond donors (Lipinski definition) is 0. The van der Waals surface area contributed by atoms with Crippen molar-refractivity contribution in [3.8, 4) is 10.6 Å². The van der Waals surface area contributed by atoms with Gasteiger partial charge in [0.25, 0.3) is 5.24 Å². The molecule has 2 nitrogen and oxygen atoms in total. The molecular formula is C12H9Cl2NOS2. The fraction of sp³-hybridized carbons (Fsp3) is 0.167. The van der Waals surface area contributed by atoms with Crippen molar-refractivity contribution in [2.45, 2.75) is 11.1 Å². The van der Waals surface area contributed by atoms with Crippen molar-refractivity contribution in [3.63, 3.8) is 0 Å². The Morgan fingerprint density at radius 1 is 1.39 bits per heavy atom. The summed E-state index contributed by atoms with van der Waals surface area (Å²) in [5, 5.41) is 0.945. The minimum atomic E-state index is -0.512. The average molecular weight is 318 g/mol. The van der Waals surface area contributed by atoms with E-state index in [2.05, 4.69) is 4.98 Å². The first-order chi connectivity index (χ1) is 8.61. The number of aromatic nitrogens is 1. The zero-order chi connectivity index (χ0) is 13.1. The lowest BCUT2D eigenvalue weighted by Crippen LogP contribution is -1.91. The Morgan fingerprint density at radius 3 is 2.61 bits per heavy atom. The molecule has 6 heteroatoms. The van der Waals surface area contributed by atoms with Crippen molar-refractivity contribution in [3.05, 3.63) is 35.0 Å². The maximum absolute atomic E-state index is 11.3. The van der Waals surface area contributed by atoms with Gasteiger partial charge in [0.15, 0.2) is 0 Å². The summed E-state index contributed by atoms with van der Waals surface area (Å²) in [4.78, 5) is 15.6. The van der Waals surface area contributed by atoms with Crippen LogP contribution in [-0.2, 0) is 0 Å². The van der Waals surface area contributed by atoms with E-state index in [0.717, 1.165) is 20.5 Å². The second-order valence-electron chi connectivity index (χ2n) is 3.37. The summed E-state index contributed by atoms with van der Waals surface area (Å²) in [7, 11) is 0. The second-order valence-corrected chi connectivity index (χ2v) is 6.68. The molecule has 0 fully saturated rings. The third-order valence-electron chi connectivity index (χ3n) is 2.15. The summed E-state index contributed by atoms with van der Waals surface area (Å²) in [5.41, 5.74) is 1.28.